The van der Waals surface area contributed by atoms with Crippen molar-refractivity contribution in [2.75, 3.05) is 25.9 Å². The summed E-state index contributed by atoms with van der Waals surface area (Å²) in [5.41, 5.74) is 0. The van der Waals surface area contributed by atoms with E-state index in [4.69, 9.17) is 0 Å². The van der Waals surface area contributed by atoms with Gasteiger partial charge < -0.3 is 0 Å². The third-order valence-corrected chi connectivity index (χ3v) is 8.70. The summed E-state index contributed by atoms with van der Waals surface area (Å²) < 4.78 is 51.3. The van der Waals surface area contributed by atoms with E-state index in [1.165, 1.54) is 24.3 Å². The lowest BCUT2D eigenvalue weighted by atomic mass is 9.97. The molecule has 0 spiro atoms. The molecular formula is C19H26N2O4S3. The number of rotatable bonds is 7. The van der Waals surface area contributed by atoms with E-state index >= 15 is 0 Å². The Labute approximate surface area is 171 Å². The predicted octanol–water partition coefficient (Wildman–Crippen LogP) is 2.90. The maximum atomic E-state index is 12.7. The third-order valence-electron chi connectivity index (χ3n) is 5.16. The van der Waals surface area contributed by atoms with Crippen LogP contribution < -0.4 is 4.72 Å². The second kappa shape index (κ2) is 8.62. The molecule has 1 unspecified atom stereocenters. The molecule has 0 amide bonds. The van der Waals surface area contributed by atoms with Crippen LogP contribution in [0.5, 0.6) is 0 Å². The standard InChI is InChI=1S/C19H26N2O4S3/c1-15-9-11-21(12-10-15)18(19-4-3-13-26-19)14-20-28(24,25)17-7-5-16(6-8-17)27(2,22)23/h3-8,13,15,18,20H,9-12,14H2,1-2H3. The van der Waals surface area contributed by atoms with Crippen molar-refractivity contribution in [2.45, 2.75) is 35.6 Å². The van der Waals surface area contributed by atoms with Crippen LogP contribution in [0.15, 0.2) is 51.6 Å². The Hall–Kier alpha value is -1.26. The smallest absolute Gasteiger partial charge is 0.240 e. The van der Waals surface area contributed by atoms with Crippen molar-refractivity contribution >= 4 is 31.2 Å². The van der Waals surface area contributed by atoms with Crippen molar-refractivity contribution in [1.82, 2.24) is 9.62 Å². The van der Waals surface area contributed by atoms with Crippen molar-refractivity contribution in [3.8, 4) is 0 Å². The maximum absolute atomic E-state index is 12.7. The quantitative estimate of drug-likeness (QED) is 0.713. The number of sulfone groups is 1. The summed E-state index contributed by atoms with van der Waals surface area (Å²) in [6.07, 6.45) is 3.32. The third kappa shape index (κ3) is 5.21. The van der Waals surface area contributed by atoms with Crippen molar-refractivity contribution in [2.24, 2.45) is 5.92 Å². The molecule has 1 aliphatic heterocycles. The van der Waals surface area contributed by atoms with Gasteiger partial charge in [-0.25, -0.2) is 21.6 Å². The summed E-state index contributed by atoms with van der Waals surface area (Å²) in [5.74, 6) is 0.699. The first kappa shape index (κ1) is 21.4. The van der Waals surface area contributed by atoms with Gasteiger partial charge in [0, 0.05) is 17.7 Å². The number of hydrogen-bond acceptors (Lipinski definition) is 6. The van der Waals surface area contributed by atoms with Crippen molar-refractivity contribution in [3.63, 3.8) is 0 Å². The summed E-state index contributed by atoms with van der Waals surface area (Å²) in [6, 6.07) is 9.35. The molecule has 2 aromatic rings. The normalized spacial score (nSPS) is 18.2. The highest BCUT2D eigenvalue weighted by Crippen LogP contribution is 2.29. The molecule has 1 aliphatic rings. The van der Waals surface area contributed by atoms with Crippen LogP contribution in [-0.2, 0) is 19.9 Å². The zero-order valence-electron chi connectivity index (χ0n) is 16.0. The Balaban J connectivity index is 1.75. The first-order valence-corrected chi connectivity index (χ1v) is 13.5. The van der Waals surface area contributed by atoms with Gasteiger partial charge in [-0.05, 0) is 67.6 Å². The van der Waals surface area contributed by atoms with Crippen LogP contribution in [0.4, 0.5) is 0 Å². The molecule has 1 fully saturated rings. The first-order valence-electron chi connectivity index (χ1n) is 9.24. The minimum absolute atomic E-state index is 0.00225. The molecule has 6 nitrogen and oxygen atoms in total. The molecule has 1 aromatic carbocycles. The lowest BCUT2D eigenvalue weighted by molar-refractivity contribution is 0.141. The Kier molecular flexibility index (Phi) is 6.61. The van der Waals surface area contributed by atoms with E-state index in [0.717, 1.165) is 37.1 Å². The highest BCUT2D eigenvalue weighted by atomic mass is 32.2. The summed E-state index contributed by atoms with van der Waals surface area (Å²) in [5, 5.41) is 2.01. The van der Waals surface area contributed by atoms with E-state index in [2.05, 4.69) is 16.5 Å². The second-order valence-electron chi connectivity index (χ2n) is 7.35. The lowest BCUT2D eigenvalue weighted by Gasteiger charge is -2.36. The highest BCUT2D eigenvalue weighted by molar-refractivity contribution is 7.90. The van der Waals surface area contributed by atoms with E-state index in [0.29, 0.717) is 5.92 Å². The molecular weight excluding hydrogens is 416 g/mol. The Morgan fingerprint density at radius 3 is 2.21 bits per heavy atom. The highest BCUT2D eigenvalue weighted by Gasteiger charge is 2.27. The molecule has 1 N–H and O–H groups in total. The Morgan fingerprint density at radius 1 is 1.07 bits per heavy atom. The summed E-state index contributed by atoms with van der Waals surface area (Å²) in [6.45, 7) is 4.44. The summed E-state index contributed by atoms with van der Waals surface area (Å²) in [7, 11) is -7.08. The molecule has 1 aromatic heterocycles. The van der Waals surface area contributed by atoms with Crippen LogP contribution in [0, 0.1) is 5.92 Å². The predicted molar refractivity (Wildman–Crippen MR) is 112 cm³/mol. The number of thiophene rings is 1. The van der Waals surface area contributed by atoms with Crippen LogP contribution in [0.25, 0.3) is 0 Å². The maximum Gasteiger partial charge on any atom is 0.240 e. The SMILES string of the molecule is CC1CCN(C(CNS(=O)(=O)c2ccc(S(C)(=O)=O)cc2)c2cccs2)CC1. The first-order chi connectivity index (χ1) is 13.2. The fraction of sp³-hybridized carbons (Fsp3) is 0.474. The van der Waals surface area contributed by atoms with Gasteiger partial charge in [0.1, 0.15) is 0 Å². The number of hydrogen-bond donors (Lipinski definition) is 1. The average molecular weight is 443 g/mol. The number of nitrogens with one attached hydrogen (secondary N) is 1. The van der Waals surface area contributed by atoms with Gasteiger partial charge in [0.2, 0.25) is 10.0 Å². The molecule has 1 atom stereocenters. The van der Waals surface area contributed by atoms with Gasteiger partial charge in [-0.3, -0.25) is 4.90 Å². The number of nitrogens with zero attached hydrogens (tertiary/aromatic N) is 1. The Bertz CT molecular complexity index is 976. The Morgan fingerprint density at radius 2 is 1.68 bits per heavy atom. The van der Waals surface area contributed by atoms with Crippen molar-refractivity contribution < 1.29 is 16.8 Å². The average Bonchev–Trinajstić information content (AvgIpc) is 3.17. The van der Waals surface area contributed by atoms with Gasteiger partial charge in [-0.15, -0.1) is 11.3 Å². The van der Waals surface area contributed by atoms with Crippen LogP contribution >= 0.6 is 11.3 Å². The van der Waals surface area contributed by atoms with Gasteiger partial charge in [-0.2, -0.15) is 0 Å². The number of sulfonamides is 1. The second-order valence-corrected chi connectivity index (χ2v) is 12.1. The molecule has 9 heteroatoms. The van der Waals surface area contributed by atoms with Gasteiger partial charge >= 0.3 is 0 Å². The molecule has 0 bridgehead atoms. The van der Waals surface area contributed by atoms with Gasteiger partial charge in [-0.1, -0.05) is 13.0 Å². The number of piperidine rings is 1. The van der Waals surface area contributed by atoms with Crippen LogP contribution in [-0.4, -0.2) is 47.6 Å². The fourth-order valence-electron chi connectivity index (χ4n) is 3.37. The van der Waals surface area contributed by atoms with Gasteiger partial charge in [0.25, 0.3) is 0 Å². The zero-order chi connectivity index (χ0) is 20.4. The zero-order valence-corrected chi connectivity index (χ0v) is 18.5. The molecule has 0 saturated carbocycles. The van der Waals surface area contributed by atoms with E-state index in [1.54, 1.807) is 11.3 Å². The van der Waals surface area contributed by atoms with E-state index < -0.39 is 19.9 Å². The van der Waals surface area contributed by atoms with Gasteiger partial charge in [0.05, 0.1) is 15.8 Å². The molecule has 2 heterocycles. The molecule has 0 aliphatic carbocycles. The number of benzene rings is 1. The van der Waals surface area contributed by atoms with Gasteiger partial charge in [0.15, 0.2) is 9.84 Å². The number of likely N-dealkylation sites (tertiary alicyclic amines) is 1. The molecule has 3 rings (SSSR count). The van der Waals surface area contributed by atoms with Crippen LogP contribution in [0.2, 0.25) is 0 Å². The van der Waals surface area contributed by atoms with Crippen LogP contribution in [0.3, 0.4) is 0 Å². The molecule has 0 radical (unpaired) electrons. The molecule has 1 saturated heterocycles. The van der Waals surface area contributed by atoms with Crippen LogP contribution in [0.1, 0.15) is 30.7 Å². The fourth-order valence-corrected chi connectivity index (χ4v) is 5.90. The lowest BCUT2D eigenvalue weighted by Crippen LogP contribution is -2.41. The summed E-state index contributed by atoms with van der Waals surface area (Å²) in [4.78, 5) is 3.66. The van der Waals surface area contributed by atoms with E-state index in [-0.39, 0.29) is 22.4 Å². The molecule has 28 heavy (non-hydrogen) atoms. The topological polar surface area (TPSA) is 83.6 Å². The summed E-state index contributed by atoms with van der Waals surface area (Å²) >= 11 is 1.63. The van der Waals surface area contributed by atoms with E-state index in [1.807, 2.05) is 17.5 Å². The van der Waals surface area contributed by atoms with E-state index in [9.17, 15) is 16.8 Å². The minimum atomic E-state index is -3.72. The van der Waals surface area contributed by atoms with Crippen molar-refractivity contribution in [3.05, 3.63) is 46.7 Å². The largest absolute Gasteiger partial charge is 0.294 e. The minimum Gasteiger partial charge on any atom is -0.294 e. The van der Waals surface area contributed by atoms with Crippen molar-refractivity contribution in [1.29, 1.82) is 0 Å². The molecule has 154 valence electrons. The monoisotopic (exact) mass is 442 g/mol.